The summed E-state index contributed by atoms with van der Waals surface area (Å²) in [4.78, 5) is 0. The Morgan fingerprint density at radius 2 is 1.65 bits per heavy atom. The molecule has 0 spiro atoms. The number of hydrogen-bond acceptors (Lipinski definition) is 1. The molecule has 0 saturated heterocycles. The fraction of sp³-hybridized carbons (Fsp3) is 0.684. The van der Waals surface area contributed by atoms with Gasteiger partial charge in [-0.25, -0.2) is 0 Å². The standard InChI is InChI=1S/C19H32O/c1-9-16-10-15(12-19(6,7)8)11-17(13(2)3)18(16)20-14(4)5/h10-11,13-14H,9,12H2,1-8H3. The second-order valence-corrected chi connectivity index (χ2v) is 7.59. The van der Waals surface area contributed by atoms with Crippen LogP contribution in [0.1, 0.15) is 78.0 Å². The quantitative estimate of drug-likeness (QED) is 0.665. The lowest BCUT2D eigenvalue weighted by atomic mass is 9.85. The van der Waals surface area contributed by atoms with E-state index in [0.29, 0.717) is 11.3 Å². The second-order valence-electron chi connectivity index (χ2n) is 7.59. The Hall–Kier alpha value is -0.980. The van der Waals surface area contributed by atoms with Crippen molar-refractivity contribution in [3.05, 3.63) is 28.8 Å². The minimum absolute atomic E-state index is 0.228. The lowest BCUT2D eigenvalue weighted by Gasteiger charge is -2.24. The van der Waals surface area contributed by atoms with Crippen LogP contribution < -0.4 is 4.74 Å². The highest BCUT2D eigenvalue weighted by Gasteiger charge is 2.18. The number of hydrogen-bond donors (Lipinski definition) is 0. The summed E-state index contributed by atoms with van der Waals surface area (Å²) >= 11 is 0. The zero-order valence-electron chi connectivity index (χ0n) is 14.6. The van der Waals surface area contributed by atoms with E-state index >= 15 is 0 Å². The van der Waals surface area contributed by atoms with E-state index in [9.17, 15) is 0 Å². The van der Waals surface area contributed by atoms with Gasteiger partial charge in [0.2, 0.25) is 0 Å². The van der Waals surface area contributed by atoms with Crippen LogP contribution in [0.4, 0.5) is 0 Å². The van der Waals surface area contributed by atoms with E-state index in [-0.39, 0.29) is 6.10 Å². The molecule has 0 aromatic heterocycles. The Labute approximate surface area is 125 Å². The molecule has 0 aliphatic carbocycles. The molecule has 1 nitrogen and oxygen atoms in total. The largest absolute Gasteiger partial charge is 0.490 e. The molecule has 0 aliphatic heterocycles. The molecule has 0 bridgehead atoms. The van der Waals surface area contributed by atoms with Crippen LogP contribution in [0.5, 0.6) is 5.75 Å². The van der Waals surface area contributed by atoms with Crippen molar-refractivity contribution in [1.29, 1.82) is 0 Å². The van der Waals surface area contributed by atoms with Crippen LogP contribution in [0, 0.1) is 5.41 Å². The zero-order chi connectivity index (χ0) is 15.5. The summed E-state index contributed by atoms with van der Waals surface area (Å²) in [5, 5.41) is 0. The first-order valence-corrected chi connectivity index (χ1v) is 7.96. The smallest absolute Gasteiger partial charge is 0.126 e. The molecule has 0 unspecified atom stereocenters. The maximum atomic E-state index is 6.11. The van der Waals surface area contributed by atoms with Gasteiger partial charge in [-0.3, -0.25) is 0 Å². The minimum atomic E-state index is 0.228. The van der Waals surface area contributed by atoms with Crippen molar-refractivity contribution in [1.82, 2.24) is 0 Å². The first-order chi connectivity index (χ1) is 9.14. The minimum Gasteiger partial charge on any atom is -0.490 e. The first-order valence-electron chi connectivity index (χ1n) is 7.96. The summed E-state index contributed by atoms with van der Waals surface area (Å²) in [5.41, 5.74) is 4.47. The maximum absolute atomic E-state index is 6.11. The van der Waals surface area contributed by atoms with Crippen molar-refractivity contribution < 1.29 is 4.74 Å². The first kappa shape index (κ1) is 17.1. The molecule has 20 heavy (non-hydrogen) atoms. The predicted molar refractivity (Wildman–Crippen MR) is 88.8 cm³/mol. The summed E-state index contributed by atoms with van der Waals surface area (Å²) in [6.45, 7) is 17.8. The highest BCUT2D eigenvalue weighted by atomic mass is 16.5. The lowest BCUT2D eigenvalue weighted by molar-refractivity contribution is 0.236. The van der Waals surface area contributed by atoms with Crippen LogP contribution in [0.3, 0.4) is 0 Å². The predicted octanol–water partition coefficient (Wildman–Crippen LogP) is 5.75. The van der Waals surface area contributed by atoms with E-state index in [1.165, 1.54) is 16.7 Å². The van der Waals surface area contributed by atoms with Crippen molar-refractivity contribution >= 4 is 0 Å². The molecule has 1 aromatic carbocycles. The Kier molecular flexibility index (Phi) is 5.68. The fourth-order valence-electron chi connectivity index (χ4n) is 2.57. The average Bonchev–Trinajstić information content (AvgIpc) is 2.27. The summed E-state index contributed by atoms with van der Waals surface area (Å²) < 4.78 is 6.11. The Bertz CT molecular complexity index is 436. The molecule has 1 aromatic rings. The van der Waals surface area contributed by atoms with Crippen LogP contribution in [0.15, 0.2) is 12.1 Å². The second kappa shape index (κ2) is 6.65. The van der Waals surface area contributed by atoms with Crippen LogP contribution in [-0.4, -0.2) is 6.10 Å². The van der Waals surface area contributed by atoms with Crippen molar-refractivity contribution in [2.75, 3.05) is 0 Å². The summed E-state index contributed by atoms with van der Waals surface area (Å²) in [6, 6.07) is 4.70. The molecule has 0 N–H and O–H groups in total. The molecule has 0 amide bonds. The number of aryl methyl sites for hydroxylation is 1. The Morgan fingerprint density at radius 1 is 1.05 bits per heavy atom. The van der Waals surface area contributed by atoms with Gasteiger partial charge in [-0.1, -0.05) is 53.7 Å². The molecule has 0 saturated carbocycles. The van der Waals surface area contributed by atoms with Gasteiger partial charge in [0, 0.05) is 0 Å². The lowest BCUT2D eigenvalue weighted by Crippen LogP contribution is -2.13. The Morgan fingerprint density at radius 3 is 2.05 bits per heavy atom. The zero-order valence-corrected chi connectivity index (χ0v) is 14.6. The van der Waals surface area contributed by atoms with Crippen molar-refractivity contribution in [2.45, 2.75) is 80.3 Å². The van der Waals surface area contributed by atoms with E-state index < -0.39 is 0 Å². The SMILES string of the molecule is CCc1cc(CC(C)(C)C)cc(C(C)C)c1OC(C)C. The Balaban J connectivity index is 3.30. The third kappa shape index (κ3) is 4.85. The molecular weight excluding hydrogens is 244 g/mol. The van der Waals surface area contributed by atoms with Crippen LogP contribution in [-0.2, 0) is 12.8 Å². The molecule has 1 heteroatoms. The van der Waals surface area contributed by atoms with E-state index in [4.69, 9.17) is 4.74 Å². The fourth-order valence-corrected chi connectivity index (χ4v) is 2.57. The van der Waals surface area contributed by atoms with Gasteiger partial charge in [0.25, 0.3) is 0 Å². The van der Waals surface area contributed by atoms with Gasteiger partial charge in [0.05, 0.1) is 6.10 Å². The summed E-state index contributed by atoms with van der Waals surface area (Å²) in [7, 11) is 0. The molecule has 0 radical (unpaired) electrons. The van der Waals surface area contributed by atoms with Gasteiger partial charge in [-0.15, -0.1) is 0 Å². The van der Waals surface area contributed by atoms with Crippen LogP contribution >= 0.6 is 0 Å². The third-order valence-electron chi connectivity index (χ3n) is 3.35. The van der Waals surface area contributed by atoms with E-state index in [1.807, 2.05) is 0 Å². The molecule has 0 aliphatic rings. The molecule has 1 rings (SSSR count). The van der Waals surface area contributed by atoms with E-state index in [0.717, 1.165) is 18.6 Å². The summed E-state index contributed by atoms with van der Waals surface area (Å²) in [5.74, 6) is 1.61. The molecular formula is C19H32O. The monoisotopic (exact) mass is 276 g/mol. The average molecular weight is 276 g/mol. The number of ether oxygens (including phenoxy) is 1. The van der Waals surface area contributed by atoms with Crippen molar-refractivity contribution in [3.63, 3.8) is 0 Å². The molecule has 0 fully saturated rings. The molecule has 0 heterocycles. The highest BCUT2D eigenvalue weighted by molar-refractivity contribution is 5.47. The van der Waals surface area contributed by atoms with Gasteiger partial charge in [-0.05, 0) is 54.7 Å². The normalized spacial score (nSPS) is 12.3. The van der Waals surface area contributed by atoms with Gasteiger partial charge in [0.15, 0.2) is 0 Å². The molecule has 0 atom stereocenters. The number of benzene rings is 1. The maximum Gasteiger partial charge on any atom is 0.126 e. The van der Waals surface area contributed by atoms with Gasteiger partial charge >= 0.3 is 0 Å². The highest BCUT2D eigenvalue weighted by Crippen LogP contribution is 2.34. The van der Waals surface area contributed by atoms with Crippen molar-refractivity contribution in [3.8, 4) is 5.75 Å². The van der Waals surface area contributed by atoms with Gasteiger partial charge < -0.3 is 4.74 Å². The van der Waals surface area contributed by atoms with E-state index in [1.54, 1.807) is 0 Å². The van der Waals surface area contributed by atoms with Gasteiger partial charge in [0.1, 0.15) is 5.75 Å². The van der Waals surface area contributed by atoms with Crippen LogP contribution in [0.25, 0.3) is 0 Å². The van der Waals surface area contributed by atoms with Crippen LogP contribution in [0.2, 0.25) is 0 Å². The number of rotatable bonds is 5. The third-order valence-corrected chi connectivity index (χ3v) is 3.35. The van der Waals surface area contributed by atoms with Crippen molar-refractivity contribution in [2.24, 2.45) is 5.41 Å². The van der Waals surface area contributed by atoms with E-state index in [2.05, 4.69) is 67.5 Å². The van der Waals surface area contributed by atoms with Gasteiger partial charge in [-0.2, -0.15) is 0 Å². The topological polar surface area (TPSA) is 9.23 Å². The summed E-state index contributed by atoms with van der Waals surface area (Å²) in [6.07, 6.45) is 2.37. The molecule has 114 valence electrons.